The van der Waals surface area contributed by atoms with E-state index in [1.165, 1.54) is 0 Å². The van der Waals surface area contributed by atoms with Gasteiger partial charge in [-0.3, -0.25) is 0 Å². The molecule has 21 heteroatoms. The van der Waals surface area contributed by atoms with Gasteiger partial charge in [0, 0.05) is 57.5 Å². The van der Waals surface area contributed by atoms with Crippen LogP contribution in [0.2, 0.25) is 0 Å². The number of alkyl carbamates (subject to hydrolysis) is 3. The van der Waals surface area contributed by atoms with Crippen LogP contribution in [0.25, 0.3) is 0 Å². The zero-order valence-electron chi connectivity index (χ0n) is 38.5. The van der Waals surface area contributed by atoms with Gasteiger partial charge in [0.1, 0.15) is 0 Å². The van der Waals surface area contributed by atoms with Crippen LogP contribution in [0.15, 0.2) is 52.3 Å². The Morgan fingerprint density at radius 3 is 0.818 bits per heavy atom. The largest absolute Gasteiger partial charge is 0.463 e. The van der Waals surface area contributed by atoms with Crippen LogP contribution in [0.3, 0.4) is 0 Å². The monoisotopic (exact) mass is 937 g/mol. The van der Waals surface area contributed by atoms with Crippen molar-refractivity contribution in [1.29, 1.82) is 0 Å². The second kappa shape index (κ2) is 38.2. The van der Waals surface area contributed by atoms with Crippen LogP contribution in [0.5, 0.6) is 0 Å². The number of hydrogen-bond acceptors (Lipinski definition) is 15. The lowest BCUT2D eigenvalue weighted by Crippen LogP contribution is -2.54. The summed E-state index contributed by atoms with van der Waals surface area (Å²) in [6, 6.07) is 0. The molecule has 0 aromatic carbocycles. The fourth-order valence-corrected chi connectivity index (χ4v) is 6.03. The topological polar surface area (TPSA) is 260 Å². The number of ether oxygens (including phenoxy) is 6. The third-order valence-electron chi connectivity index (χ3n) is 9.67. The maximum absolute atomic E-state index is 13.5. The SMILES string of the molecule is C=CC(=O)OCCCCOC(=O)NCCCCCCn1c(=O)n(CCCCCCNC(=O)OCCCCOC(=O)C=C)c(=O)n(CCCCCCNC(=O)OCCCCOC(=O)C=C)c1=O. The number of hydrogen-bond donors (Lipinski definition) is 3. The summed E-state index contributed by atoms with van der Waals surface area (Å²) in [5.74, 6) is -1.51. The predicted molar refractivity (Wildman–Crippen MR) is 244 cm³/mol. The molecule has 66 heavy (non-hydrogen) atoms. The highest BCUT2D eigenvalue weighted by molar-refractivity contribution is 5.81. The number of carbonyl (C=O) groups is 6. The average Bonchev–Trinajstić information content (AvgIpc) is 3.31. The number of nitrogens with zero attached hydrogens (tertiary/aromatic N) is 3. The molecule has 1 rings (SSSR count). The molecular formula is C45H72N6O15. The number of rotatable bonds is 39. The number of nitrogens with one attached hydrogen (secondary N) is 3. The van der Waals surface area contributed by atoms with Crippen molar-refractivity contribution in [2.75, 3.05) is 59.3 Å². The average molecular weight is 937 g/mol. The van der Waals surface area contributed by atoms with E-state index in [4.69, 9.17) is 28.4 Å². The molecule has 3 N–H and O–H groups in total. The number of aromatic nitrogens is 3. The number of carbonyl (C=O) groups excluding carboxylic acids is 6. The normalized spacial score (nSPS) is 10.5. The minimum atomic E-state index is -0.665. The second-order valence-electron chi connectivity index (χ2n) is 15.0. The van der Waals surface area contributed by atoms with Crippen molar-refractivity contribution in [3.63, 3.8) is 0 Å². The van der Waals surface area contributed by atoms with Crippen molar-refractivity contribution in [2.45, 2.75) is 135 Å². The number of unbranched alkanes of at least 4 members (excludes halogenated alkanes) is 12. The molecule has 1 aromatic heterocycles. The van der Waals surface area contributed by atoms with Crippen LogP contribution in [0.1, 0.15) is 116 Å². The molecule has 0 atom stereocenters. The third kappa shape index (κ3) is 28.6. The van der Waals surface area contributed by atoms with Crippen molar-refractivity contribution in [2.24, 2.45) is 0 Å². The van der Waals surface area contributed by atoms with Gasteiger partial charge in [-0.15, -0.1) is 0 Å². The molecule has 21 nitrogen and oxygen atoms in total. The van der Waals surface area contributed by atoms with Crippen LogP contribution in [-0.2, 0) is 62.4 Å². The summed E-state index contributed by atoms with van der Waals surface area (Å²) in [6.45, 7) is 12.6. The molecular weight excluding hydrogens is 865 g/mol. The Kier molecular flexibility index (Phi) is 33.4. The highest BCUT2D eigenvalue weighted by Gasteiger charge is 2.16. The van der Waals surface area contributed by atoms with Crippen molar-refractivity contribution in [3.05, 3.63) is 69.4 Å². The number of esters is 3. The third-order valence-corrected chi connectivity index (χ3v) is 9.67. The van der Waals surface area contributed by atoms with Gasteiger partial charge in [0.15, 0.2) is 0 Å². The predicted octanol–water partition coefficient (Wildman–Crippen LogP) is 4.56. The van der Waals surface area contributed by atoms with Crippen LogP contribution in [-0.4, -0.2) is 109 Å². The van der Waals surface area contributed by atoms with Gasteiger partial charge >= 0.3 is 53.3 Å². The summed E-state index contributed by atoms with van der Waals surface area (Å²) < 4.78 is 33.3. The van der Waals surface area contributed by atoms with E-state index in [0.717, 1.165) is 31.9 Å². The number of amides is 3. The first-order valence-corrected chi connectivity index (χ1v) is 23.0. The van der Waals surface area contributed by atoms with Gasteiger partial charge in [-0.05, 0) is 77.0 Å². The summed E-state index contributed by atoms with van der Waals surface area (Å²) in [4.78, 5) is 110. The quantitative estimate of drug-likeness (QED) is 0.0354. The van der Waals surface area contributed by atoms with Crippen LogP contribution >= 0.6 is 0 Å². The van der Waals surface area contributed by atoms with Gasteiger partial charge in [0.05, 0.1) is 39.6 Å². The first-order valence-electron chi connectivity index (χ1n) is 23.0. The Bertz CT molecular complexity index is 1590. The van der Waals surface area contributed by atoms with E-state index in [9.17, 15) is 43.2 Å². The molecule has 372 valence electrons. The van der Waals surface area contributed by atoms with Crippen molar-refractivity contribution in [3.8, 4) is 0 Å². The lowest BCUT2D eigenvalue weighted by Gasteiger charge is -2.14. The van der Waals surface area contributed by atoms with E-state index in [2.05, 4.69) is 35.7 Å². The smallest absolute Gasteiger partial charge is 0.407 e. The molecule has 1 aromatic rings. The lowest BCUT2D eigenvalue weighted by atomic mass is 10.2. The van der Waals surface area contributed by atoms with Gasteiger partial charge in [-0.25, -0.2) is 56.9 Å². The van der Waals surface area contributed by atoms with Crippen molar-refractivity contribution < 1.29 is 57.2 Å². The molecule has 0 saturated heterocycles. The lowest BCUT2D eigenvalue weighted by molar-refractivity contribution is -0.138. The summed E-state index contributed by atoms with van der Waals surface area (Å²) in [6.07, 6.45) is 12.4. The van der Waals surface area contributed by atoms with Crippen molar-refractivity contribution >= 4 is 36.2 Å². The van der Waals surface area contributed by atoms with Crippen molar-refractivity contribution in [1.82, 2.24) is 29.7 Å². The Balaban J connectivity index is 2.62. The van der Waals surface area contributed by atoms with E-state index in [1.54, 1.807) is 0 Å². The van der Waals surface area contributed by atoms with E-state index in [0.29, 0.717) is 135 Å². The molecule has 0 aliphatic rings. The molecule has 0 radical (unpaired) electrons. The summed E-state index contributed by atoms with van der Waals surface area (Å²) in [7, 11) is 0. The molecule has 0 saturated carbocycles. The minimum Gasteiger partial charge on any atom is -0.463 e. The van der Waals surface area contributed by atoms with E-state index >= 15 is 0 Å². The van der Waals surface area contributed by atoms with Gasteiger partial charge in [-0.2, -0.15) is 0 Å². The standard InChI is InChI=1S/C45H72N6O15/c1-4-37(52)61-31-19-22-34-64-40(55)46-25-13-7-10-16-28-49-43(58)50(29-17-11-8-14-26-47-41(56)65-35-23-20-32-62-38(53)5-2)45(60)51(44(49)59)30-18-12-9-15-27-48-42(57)66-36-24-21-33-63-39(54)6-3/h4-6H,1-3,7-36H2,(H,46,55)(H,47,56)(H,48,57). The molecule has 3 amide bonds. The minimum absolute atomic E-state index is 0.116. The highest BCUT2D eigenvalue weighted by Crippen LogP contribution is 2.04. The molecule has 0 bridgehead atoms. The van der Waals surface area contributed by atoms with Gasteiger partial charge in [-0.1, -0.05) is 58.3 Å². The van der Waals surface area contributed by atoms with Gasteiger partial charge in [0.2, 0.25) is 0 Å². The Hall–Kier alpha value is -6.15. The van der Waals surface area contributed by atoms with Gasteiger partial charge in [0.25, 0.3) is 0 Å². The van der Waals surface area contributed by atoms with Crippen LogP contribution in [0, 0.1) is 0 Å². The van der Waals surface area contributed by atoms with Gasteiger partial charge < -0.3 is 44.4 Å². The Labute approximate surface area is 386 Å². The van der Waals surface area contributed by atoms with E-state index in [-0.39, 0.29) is 59.3 Å². The highest BCUT2D eigenvalue weighted by atomic mass is 16.6. The fraction of sp³-hybridized carbons (Fsp3) is 0.667. The molecule has 0 spiro atoms. The first kappa shape index (κ1) is 57.9. The summed E-state index contributed by atoms with van der Waals surface area (Å²) >= 11 is 0. The second-order valence-corrected chi connectivity index (χ2v) is 15.0. The molecule has 0 fully saturated rings. The summed E-state index contributed by atoms with van der Waals surface area (Å²) in [5, 5.41) is 8.04. The fourth-order valence-electron chi connectivity index (χ4n) is 6.03. The first-order chi connectivity index (χ1) is 31.9. The van der Waals surface area contributed by atoms with Crippen LogP contribution < -0.4 is 33.0 Å². The Morgan fingerprint density at radius 2 is 0.576 bits per heavy atom. The Morgan fingerprint density at radius 1 is 0.348 bits per heavy atom. The zero-order chi connectivity index (χ0) is 48.6. The molecule has 0 aliphatic heterocycles. The summed E-state index contributed by atoms with van der Waals surface area (Å²) in [5.41, 5.74) is -1.99. The van der Waals surface area contributed by atoms with E-state index < -0.39 is 53.3 Å². The zero-order valence-corrected chi connectivity index (χ0v) is 38.5. The maximum atomic E-state index is 13.5. The molecule has 0 aliphatic carbocycles. The maximum Gasteiger partial charge on any atom is 0.407 e. The van der Waals surface area contributed by atoms with Crippen LogP contribution in [0.4, 0.5) is 14.4 Å². The molecule has 0 unspecified atom stereocenters. The van der Waals surface area contributed by atoms with E-state index in [1.807, 2.05) is 0 Å². The molecule has 1 heterocycles.